The van der Waals surface area contributed by atoms with Gasteiger partial charge in [-0.05, 0) is 23.8 Å². The van der Waals surface area contributed by atoms with Crippen LogP contribution in [-0.2, 0) is 0 Å². The van der Waals surface area contributed by atoms with E-state index in [4.69, 9.17) is 28.6 Å². The molecule has 1 heterocycles. The normalized spacial score (nSPS) is 10.7. The Morgan fingerprint density at radius 1 is 1.00 bits per heavy atom. The zero-order chi connectivity index (χ0) is 14.1. The monoisotopic (exact) mass is 320 g/mol. The molecule has 20 heavy (non-hydrogen) atoms. The fourth-order valence-electron chi connectivity index (χ4n) is 2.03. The predicted octanol–water partition coefficient (Wildman–Crippen LogP) is 4.99. The summed E-state index contributed by atoms with van der Waals surface area (Å²) in [6.07, 6.45) is 0. The summed E-state index contributed by atoms with van der Waals surface area (Å²) in [5.41, 5.74) is 2.70. The summed E-state index contributed by atoms with van der Waals surface area (Å²) in [6.45, 7) is 0. The van der Waals surface area contributed by atoms with Crippen molar-refractivity contribution in [1.82, 2.24) is 4.57 Å². The standard InChI is InChI=1S/C15H10Cl2N2S/c16-11-6-7-12(17)13(8-11)19-14(9-20-15(19)18)10-4-2-1-3-5-10/h1-9,18H. The molecule has 0 amide bonds. The van der Waals surface area contributed by atoms with Crippen molar-refractivity contribution in [2.24, 2.45) is 0 Å². The van der Waals surface area contributed by atoms with Crippen LogP contribution >= 0.6 is 34.5 Å². The van der Waals surface area contributed by atoms with Crippen LogP contribution in [0.25, 0.3) is 16.9 Å². The van der Waals surface area contributed by atoms with Crippen molar-refractivity contribution in [3.8, 4) is 16.9 Å². The summed E-state index contributed by atoms with van der Waals surface area (Å²) in [4.78, 5) is 0.410. The second-order valence-electron chi connectivity index (χ2n) is 4.22. The van der Waals surface area contributed by atoms with E-state index < -0.39 is 0 Å². The van der Waals surface area contributed by atoms with E-state index in [0.717, 1.165) is 16.9 Å². The average Bonchev–Trinajstić information content (AvgIpc) is 2.84. The lowest BCUT2D eigenvalue weighted by Gasteiger charge is -2.11. The first-order valence-corrected chi connectivity index (χ1v) is 7.56. The largest absolute Gasteiger partial charge is 0.284 e. The molecule has 3 rings (SSSR count). The van der Waals surface area contributed by atoms with E-state index in [9.17, 15) is 0 Å². The molecule has 0 aliphatic rings. The van der Waals surface area contributed by atoms with Crippen molar-refractivity contribution in [3.63, 3.8) is 0 Å². The van der Waals surface area contributed by atoms with Gasteiger partial charge in [-0.15, -0.1) is 11.3 Å². The zero-order valence-corrected chi connectivity index (χ0v) is 12.6. The van der Waals surface area contributed by atoms with Crippen molar-refractivity contribution < 1.29 is 0 Å². The highest BCUT2D eigenvalue weighted by atomic mass is 35.5. The molecule has 5 heteroatoms. The number of nitrogens with one attached hydrogen (secondary N) is 1. The molecular weight excluding hydrogens is 311 g/mol. The van der Waals surface area contributed by atoms with E-state index in [1.165, 1.54) is 11.3 Å². The molecule has 0 aliphatic carbocycles. The fourth-order valence-corrected chi connectivity index (χ4v) is 3.16. The van der Waals surface area contributed by atoms with Gasteiger partial charge in [-0.2, -0.15) is 0 Å². The minimum Gasteiger partial charge on any atom is -0.284 e. The Bertz CT molecular complexity index is 806. The number of benzene rings is 2. The van der Waals surface area contributed by atoms with E-state index in [0.29, 0.717) is 14.8 Å². The van der Waals surface area contributed by atoms with Crippen LogP contribution in [-0.4, -0.2) is 4.57 Å². The Morgan fingerprint density at radius 3 is 2.50 bits per heavy atom. The summed E-state index contributed by atoms with van der Waals surface area (Å²) >= 11 is 13.7. The molecule has 3 aromatic rings. The molecule has 0 unspecified atom stereocenters. The van der Waals surface area contributed by atoms with Gasteiger partial charge in [0.2, 0.25) is 0 Å². The first-order valence-electron chi connectivity index (χ1n) is 5.93. The summed E-state index contributed by atoms with van der Waals surface area (Å²) in [7, 11) is 0. The molecule has 2 nitrogen and oxygen atoms in total. The van der Waals surface area contributed by atoms with Crippen molar-refractivity contribution in [3.05, 3.63) is 68.8 Å². The third-order valence-electron chi connectivity index (χ3n) is 2.94. The van der Waals surface area contributed by atoms with Gasteiger partial charge in [0, 0.05) is 10.4 Å². The van der Waals surface area contributed by atoms with Gasteiger partial charge in [0.1, 0.15) is 0 Å². The molecule has 0 fully saturated rings. The fraction of sp³-hybridized carbons (Fsp3) is 0. The molecule has 0 saturated heterocycles. The molecule has 1 N–H and O–H groups in total. The smallest absolute Gasteiger partial charge is 0.187 e. The van der Waals surface area contributed by atoms with Gasteiger partial charge in [0.05, 0.1) is 16.4 Å². The molecule has 0 spiro atoms. The Labute approximate surface area is 130 Å². The van der Waals surface area contributed by atoms with Crippen LogP contribution < -0.4 is 4.80 Å². The van der Waals surface area contributed by atoms with E-state index in [2.05, 4.69) is 0 Å². The quantitative estimate of drug-likeness (QED) is 0.689. The summed E-state index contributed by atoms with van der Waals surface area (Å²) in [5, 5.41) is 11.2. The molecule has 0 aliphatic heterocycles. The highest BCUT2D eigenvalue weighted by molar-refractivity contribution is 7.07. The van der Waals surface area contributed by atoms with E-state index in [-0.39, 0.29) is 0 Å². The topological polar surface area (TPSA) is 28.8 Å². The first kappa shape index (κ1) is 13.4. The van der Waals surface area contributed by atoms with Crippen molar-refractivity contribution in [2.75, 3.05) is 0 Å². The van der Waals surface area contributed by atoms with Gasteiger partial charge >= 0.3 is 0 Å². The van der Waals surface area contributed by atoms with Crippen LogP contribution in [0.2, 0.25) is 10.0 Å². The van der Waals surface area contributed by atoms with Gasteiger partial charge in [-0.25, -0.2) is 0 Å². The molecule has 2 aromatic carbocycles. The maximum Gasteiger partial charge on any atom is 0.187 e. The van der Waals surface area contributed by atoms with Gasteiger partial charge in [0.25, 0.3) is 0 Å². The number of thiazole rings is 1. The van der Waals surface area contributed by atoms with Crippen molar-refractivity contribution >= 4 is 34.5 Å². The number of rotatable bonds is 2. The zero-order valence-electron chi connectivity index (χ0n) is 10.3. The Hall–Kier alpha value is -1.55. The maximum absolute atomic E-state index is 8.13. The molecule has 1 aromatic heterocycles. The molecular formula is C15H10Cl2N2S. The van der Waals surface area contributed by atoms with Crippen LogP contribution in [0.3, 0.4) is 0 Å². The number of halogens is 2. The van der Waals surface area contributed by atoms with E-state index in [1.807, 2.05) is 40.3 Å². The Balaban J connectivity index is 2.27. The molecule has 0 saturated carbocycles. The van der Waals surface area contributed by atoms with Crippen molar-refractivity contribution in [1.29, 1.82) is 5.41 Å². The highest BCUT2D eigenvalue weighted by Gasteiger charge is 2.12. The molecule has 0 atom stereocenters. The number of aromatic nitrogens is 1. The molecule has 100 valence electrons. The van der Waals surface area contributed by atoms with Crippen molar-refractivity contribution in [2.45, 2.75) is 0 Å². The second-order valence-corrected chi connectivity index (χ2v) is 5.93. The van der Waals surface area contributed by atoms with E-state index in [1.54, 1.807) is 18.2 Å². The number of hydrogen-bond acceptors (Lipinski definition) is 2. The summed E-state index contributed by atoms with van der Waals surface area (Å²) in [6, 6.07) is 15.2. The Morgan fingerprint density at radius 2 is 1.75 bits per heavy atom. The molecule has 0 bridgehead atoms. The average molecular weight is 321 g/mol. The minimum absolute atomic E-state index is 0.410. The third-order valence-corrected chi connectivity index (χ3v) is 4.25. The predicted molar refractivity (Wildman–Crippen MR) is 85.0 cm³/mol. The van der Waals surface area contributed by atoms with Crippen LogP contribution in [0.1, 0.15) is 0 Å². The number of nitrogens with zero attached hydrogens (tertiary/aromatic N) is 1. The van der Waals surface area contributed by atoms with Gasteiger partial charge in [-0.1, -0.05) is 53.5 Å². The summed E-state index contributed by atoms with van der Waals surface area (Å²) < 4.78 is 1.81. The lowest BCUT2D eigenvalue weighted by atomic mass is 10.1. The Kier molecular flexibility index (Phi) is 3.66. The van der Waals surface area contributed by atoms with Crippen LogP contribution in [0.15, 0.2) is 53.9 Å². The van der Waals surface area contributed by atoms with Gasteiger partial charge < -0.3 is 0 Å². The lowest BCUT2D eigenvalue weighted by molar-refractivity contribution is 0.987. The number of hydrogen-bond donors (Lipinski definition) is 1. The van der Waals surface area contributed by atoms with Gasteiger partial charge in [-0.3, -0.25) is 9.98 Å². The molecule has 0 radical (unpaired) electrons. The maximum atomic E-state index is 8.13. The van der Waals surface area contributed by atoms with Crippen LogP contribution in [0, 0.1) is 5.41 Å². The van der Waals surface area contributed by atoms with Crippen LogP contribution in [0.4, 0.5) is 0 Å². The SMILES string of the molecule is N=c1scc(-c2ccccc2)n1-c1cc(Cl)ccc1Cl. The first-order chi connectivity index (χ1) is 9.66. The third kappa shape index (κ3) is 2.40. The van der Waals surface area contributed by atoms with Gasteiger partial charge in [0.15, 0.2) is 4.80 Å². The van der Waals surface area contributed by atoms with Crippen LogP contribution in [0.5, 0.6) is 0 Å². The minimum atomic E-state index is 0.410. The highest BCUT2D eigenvalue weighted by Crippen LogP contribution is 2.29. The van der Waals surface area contributed by atoms with E-state index >= 15 is 0 Å². The summed E-state index contributed by atoms with van der Waals surface area (Å²) in [5.74, 6) is 0. The second kappa shape index (κ2) is 5.44. The lowest BCUT2D eigenvalue weighted by Crippen LogP contribution is -2.12.